The Morgan fingerprint density at radius 3 is 2.72 bits per heavy atom. The number of hydrogen-bond donors (Lipinski definition) is 1. The predicted octanol–water partition coefficient (Wildman–Crippen LogP) is 5.75. The Bertz CT molecular complexity index is 391. The van der Waals surface area contributed by atoms with Crippen LogP contribution < -0.4 is 5.32 Å². The van der Waals surface area contributed by atoms with Gasteiger partial charge in [-0.25, -0.2) is 0 Å². The highest BCUT2D eigenvalue weighted by Gasteiger charge is 2.33. The largest absolute Gasteiger partial charge is 0.310 e. The van der Waals surface area contributed by atoms with Gasteiger partial charge in [0.2, 0.25) is 0 Å². The van der Waals surface area contributed by atoms with E-state index in [1.165, 1.54) is 38.8 Å². The normalized spacial score (nSPS) is 25.6. The molecule has 0 amide bonds. The first-order valence-electron chi connectivity index (χ1n) is 6.81. The van der Waals surface area contributed by atoms with E-state index in [1.54, 1.807) is 11.3 Å². The minimum atomic E-state index is 0.513. The van der Waals surface area contributed by atoms with Crippen molar-refractivity contribution in [3.8, 4) is 0 Å². The Kier molecular flexibility index (Phi) is 5.73. The van der Waals surface area contributed by atoms with Gasteiger partial charge in [-0.2, -0.15) is 0 Å². The van der Waals surface area contributed by atoms with Crippen LogP contribution in [0.1, 0.15) is 51.1 Å². The van der Waals surface area contributed by atoms with E-state index in [2.05, 4.69) is 57.1 Å². The Balaban J connectivity index is 2.21. The summed E-state index contributed by atoms with van der Waals surface area (Å²) in [7, 11) is 0. The molecule has 1 N–H and O–H groups in total. The van der Waals surface area contributed by atoms with Crippen molar-refractivity contribution < 1.29 is 0 Å². The summed E-state index contributed by atoms with van der Waals surface area (Å²) < 4.78 is 2.50. The minimum absolute atomic E-state index is 0.513. The molecule has 1 aromatic heterocycles. The molecule has 3 unspecified atom stereocenters. The van der Waals surface area contributed by atoms with Crippen LogP contribution >= 0.6 is 43.2 Å². The molecule has 18 heavy (non-hydrogen) atoms. The minimum Gasteiger partial charge on any atom is -0.310 e. The second-order valence-electron chi connectivity index (χ2n) is 5.28. The fraction of sp³-hybridized carbons (Fsp3) is 0.714. The average molecular weight is 395 g/mol. The van der Waals surface area contributed by atoms with Crippen LogP contribution in [0.5, 0.6) is 0 Å². The molecule has 0 aromatic carbocycles. The highest BCUT2D eigenvalue weighted by atomic mass is 79.9. The molecule has 0 radical (unpaired) electrons. The lowest BCUT2D eigenvalue weighted by Crippen LogP contribution is -2.30. The summed E-state index contributed by atoms with van der Waals surface area (Å²) >= 11 is 9.11. The zero-order chi connectivity index (χ0) is 13.1. The zero-order valence-corrected chi connectivity index (χ0v) is 15.0. The zero-order valence-electron chi connectivity index (χ0n) is 11.0. The van der Waals surface area contributed by atoms with Crippen LogP contribution in [-0.2, 0) is 0 Å². The lowest BCUT2D eigenvalue weighted by Gasteiger charge is -2.28. The lowest BCUT2D eigenvalue weighted by molar-refractivity contribution is 0.302. The van der Waals surface area contributed by atoms with Gasteiger partial charge in [0.25, 0.3) is 0 Å². The summed E-state index contributed by atoms with van der Waals surface area (Å²) in [5, 5.41) is 3.77. The van der Waals surface area contributed by atoms with Gasteiger partial charge in [0.15, 0.2) is 0 Å². The quantitative estimate of drug-likeness (QED) is 0.670. The standard InChI is InChI=1S/C14H21Br2NS/c1-3-7-17-13(10-6-4-5-9(10)2)11-8-12(15)18-14(11)16/h8-10,13,17H,3-7H2,1-2H3. The highest BCUT2D eigenvalue weighted by Crippen LogP contribution is 2.44. The van der Waals surface area contributed by atoms with Crippen molar-refractivity contribution in [3.63, 3.8) is 0 Å². The van der Waals surface area contributed by atoms with Gasteiger partial charge in [-0.05, 0) is 74.7 Å². The predicted molar refractivity (Wildman–Crippen MR) is 87.3 cm³/mol. The van der Waals surface area contributed by atoms with E-state index in [0.29, 0.717) is 6.04 Å². The summed E-state index contributed by atoms with van der Waals surface area (Å²) in [6.07, 6.45) is 5.33. The maximum Gasteiger partial charge on any atom is 0.0758 e. The lowest BCUT2D eigenvalue weighted by atomic mass is 9.87. The molecule has 1 saturated carbocycles. The molecule has 0 aliphatic heterocycles. The molecule has 1 nitrogen and oxygen atoms in total. The Morgan fingerprint density at radius 1 is 1.44 bits per heavy atom. The molecule has 0 spiro atoms. The third-order valence-electron chi connectivity index (χ3n) is 3.99. The van der Waals surface area contributed by atoms with Gasteiger partial charge in [-0.1, -0.05) is 26.7 Å². The fourth-order valence-electron chi connectivity index (χ4n) is 3.03. The first kappa shape index (κ1) is 15.0. The van der Waals surface area contributed by atoms with Crippen molar-refractivity contribution in [3.05, 3.63) is 19.2 Å². The first-order valence-corrected chi connectivity index (χ1v) is 9.21. The van der Waals surface area contributed by atoms with Crippen molar-refractivity contribution in [2.75, 3.05) is 6.54 Å². The number of thiophene rings is 1. The van der Waals surface area contributed by atoms with Gasteiger partial charge in [0.1, 0.15) is 0 Å². The summed E-state index contributed by atoms with van der Waals surface area (Å²) in [5.41, 5.74) is 1.44. The topological polar surface area (TPSA) is 12.0 Å². The van der Waals surface area contributed by atoms with E-state index in [4.69, 9.17) is 0 Å². The van der Waals surface area contributed by atoms with Crippen LogP contribution in [0.15, 0.2) is 13.6 Å². The van der Waals surface area contributed by atoms with E-state index >= 15 is 0 Å². The summed E-state index contributed by atoms with van der Waals surface area (Å²) in [6.45, 7) is 5.75. The molecule has 0 bridgehead atoms. The molecular weight excluding hydrogens is 374 g/mol. The van der Waals surface area contributed by atoms with Crippen molar-refractivity contribution >= 4 is 43.2 Å². The number of halogens is 2. The maximum atomic E-state index is 3.77. The number of hydrogen-bond acceptors (Lipinski definition) is 2. The molecule has 0 saturated heterocycles. The van der Waals surface area contributed by atoms with Crippen molar-refractivity contribution in [1.29, 1.82) is 0 Å². The summed E-state index contributed by atoms with van der Waals surface area (Å²) in [5.74, 6) is 1.62. The molecule has 2 rings (SSSR count). The molecule has 1 heterocycles. The van der Waals surface area contributed by atoms with Gasteiger partial charge in [-0.15, -0.1) is 11.3 Å². The SMILES string of the molecule is CCCNC(c1cc(Br)sc1Br)C1CCCC1C. The molecule has 1 fully saturated rings. The van der Waals surface area contributed by atoms with Crippen LogP contribution in [0.25, 0.3) is 0 Å². The van der Waals surface area contributed by atoms with Crippen LogP contribution in [-0.4, -0.2) is 6.54 Å². The molecule has 4 heteroatoms. The van der Waals surface area contributed by atoms with Gasteiger partial charge >= 0.3 is 0 Å². The van der Waals surface area contributed by atoms with E-state index in [1.807, 2.05) is 0 Å². The highest BCUT2D eigenvalue weighted by molar-refractivity contribution is 9.12. The van der Waals surface area contributed by atoms with Gasteiger partial charge in [0, 0.05) is 6.04 Å². The molecular formula is C14H21Br2NS. The number of nitrogens with one attached hydrogen (secondary N) is 1. The Hall–Kier alpha value is 0.620. The van der Waals surface area contributed by atoms with Crippen LogP contribution in [0, 0.1) is 11.8 Å². The Morgan fingerprint density at radius 2 is 2.22 bits per heavy atom. The van der Waals surface area contributed by atoms with Crippen LogP contribution in [0.4, 0.5) is 0 Å². The van der Waals surface area contributed by atoms with Gasteiger partial charge < -0.3 is 5.32 Å². The second kappa shape index (κ2) is 6.87. The van der Waals surface area contributed by atoms with Crippen molar-refractivity contribution in [2.24, 2.45) is 11.8 Å². The first-order chi connectivity index (χ1) is 8.63. The average Bonchev–Trinajstić information content (AvgIpc) is 2.87. The monoisotopic (exact) mass is 393 g/mol. The van der Waals surface area contributed by atoms with E-state index in [9.17, 15) is 0 Å². The van der Waals surface area contributed by atoms with Crippen LogP contribution in [0.3, 0.4) is 0 Å². The van der Waals surface area contributed by atoms with E-state index in [0.717, 1.165) is 18.4 Å². The van der Waals surface area contributed by atoms with Gasteiger partial charge in [0.05, 0.1) is 7.57 Å². The molecule has 102 valence electrons. The fourth-order valence-corrected chi connectivity index (χ4v) is 5.96. The summed E-state index contributed by atoms with van der Waals surface area (Å²) in [4.78, 5) is 0. The second-order valence-corrected chi connectivity index (χ2v) is 9.03. The van der Waals surface area contributed by atoms with E-state index in [-0.39, 0.29) is 0 Å². The van der Waals surface area contributed by atoms with Crippen molar-refractivity contribution in [1.82, 2.24) is 5.32 Å². The van der Waals surface area contributed by atoms with E-state index < -0.39 is 0 Å². The molecule has 1 aliphatic carbocycles. The smallest absolute Gasteiger partial charge is 0.0758 e. The maximum absolute atomic E-state index is 3.77. The van der Waals surface area contributed by atoms with Crippen LogP contribution in [0.2, 0.25) is 0 Å². The third-order valence-corrected chi connectivity index (χ3v) is 6.37. The molecule has 3 atom stereocenters. The summed E-state index contributed by atoms with van der Waals surface area (Å²) in [6, 6.07) is 2.80. The van der Waals surface area contributed by atoms with Crippen molar-refractivity contribution in [2.45, 2.75) is 45.6 Å². The third kappa shape index (κ3) is 3.38. The Labute approximate surface area is 131 Å². The van der Waals surface area contributed by atoms with Gasteiger partial charge in [-0.3, -0.25) is 0 Å². The molecule has 1 aromatic rings. The number of rotatable bonds is 5. The molecule has 1 aliphatic rings.